The van der Waals surface area contributed by atoms with Crippen molar-refractivity contribution in [3.8, 4) is 5.75 Å². The third-order valence-corrected chi connectivity index (χ3v) is 3.88. The van der Waals surface area contributed by atoms with E-state index >= 15 is 0 Å². The lowest BCUT2D eigenvalue weighted by Crippen LogP contribution is -2.44. The highest BCUT2D eigenvalue weighted by molar-refractivity contribution is 9.10. The van der Waals surface area contributed by atoms with E-state index < -0.39 is 0 Å². The van der Waals surface area contributed by atoms with Crippen molar-refractivity contribution in [3.05, 3.63) is 16.9 Å². The summed E-state index contributed by atoms with van der Waals surface area (Å²) in [6.45, 7) is 4.76. The van der Waals surface area contributed by atoms with Gasteiger partial charge in [-0.1, -0.05) is 0 Å². The van der Waals surface area contributed by atoms with Crippen LogP contribution >= 0.6 is 15.9 Å². The third kappa shape index (κ3) is 3.14. The van der Waals surface area contributed by atoms with Crippen LogP contribution in [-0.2, 0) is 0 Å². The van der Waals surface area contributed by atoms with Crippen molar-refractivity contribution in [2.24, 2.45) is 0 Å². The Labute approximate surface area is 117 Å². The van der Waals surface area contributed by atoms with Crippen LogP contribution in [0, 0.1) is 0 Å². The van der Waals surface area contributed by atoms with Crippen molar-refractivity contribution < 1.29 is 4.74 Å². The van der Waals surface area contributed by atoms with Crippen molar-refractivity contribution in [1.29, 1.82) is 0 Å². The molecule has 2 heterocycles. The van der Waals surface area contributed by atoms with E-state index in [4.69, 9.17) is 4.74 Å². The normalized spacial score (nSPS) is 19.9. The molecule has 4 nitrogen and oxygen atoms in total. The maximum atomic E-state index is 5.57. The summed E-state index contributed by atoms with van der Waals surface area (Å²) in [5.74, 6) is 0.821. The van der Waals surface area contributed by atoms with Gasteiger partial charge in [-0.05, 0) is 42.7 Å². The number of rotatable bonds is 4. The minimum Gasteiger partial charge on any atom is -0.491 e. The van der Waals surface area contributed by atoms with Crippen LogP contribution in [0.3, 0.4) is 0 Å². The molecule has 1 saturated heterocycles. The standard InChI is InChI=1S/C13H20BrN3O/c1-3-18-12-7-11(8-16-13(12)14)17-6-4-5-10(9-17)15-2/h7-8,10,15H,3-6,9H2,1-2H3/t10-/m1/s1. The first-order valence-corrected chi connectivity index (χ1v) is 7.24. The number of nitrogens with one attached hydrogen (secondary N) is 1. The number of anilines is 1. The molecule has 1 aromatic heterocycles. The smallest absolute Gasteiger partial charge is 0.154 e. The fourth-order valence-electron chi connectivity index (χ4n) is 2.29. The maximum absolute atomic E-state index is 5.57. The van der Waals surface area contributed by atoms with Gasteiger partial charge >= 0.3 is 0 Å². The molecular formula is C13H20BrN3O. The molecule has 0 aromatic carbocycles. The first kappa shape index (κ1) is 13.6. The molecule has 0 amide bonds. The number of nitrogens with zero attached hydrogens (tertiary/aromatic N) is 2. The zero-order valence-corrected chi connectivity index (χ0v) is 12.5. The predicted molar refractivity (Wildman–Crippen MR) is 77.4 cm³/mol. The second-order valence-corrected chi connectivity index (χ2v) is 5.24. The number of pyridine rings is 1. The van der Waals surface area contributed by atoms with Gasteiger partial charge in [0, 0.05) is 25.2 Å². The van der Waals surface area contributed by atoms with Gasteiger partial charge in [-0.25, -0.2) is 4.98 Å². The molecule has 0 unspecified atom stereocenters. The molecule has 100 valence electrons. The average Bonchev–Trinajstić information content (AvgIpc) is 2.41. The summed E-state index contributed by atoms with van der Waals surface area (Å²) in [5, 5.41) is 3.35. The summed E-state index contributed by atoms with van der Waals surface area (Å²) >= 11 is 3.41. The SMILES string of the molecule is CCOc1cc(N2CCC[C@@H](NC)C2)cnc1Br. The molecule has 0 bridgehead atoms. The fourth-order valence-corrected chi connectivity index (χ4v) is 2.63. The van der Waals surface area contributed by atoms with Crippen molar-refractivity contribution in [2.75, 3.05) is 31.6 Å². The molecule has 1 aromatic rings. The summed E-state index contributed by atoms with van der Waals surface area (Å²) in [5.41, 5.74) is 1.14. The van der Waals surface area contributed by atoms with Crippen LogP contribution in [0.4, 0.5) is 5.69 Å². The number of piperidine rings is 1. The zero-order valence-electron chi connectivity index (χ0n) is 10.9. The molecule has 1 aliphatic heterocycles. The lowest BCUT2D eigenvalue weighted by atomic mass is 10.1. The van der Waals surface area contributed by atoms with Gasteiger partial charge in [-0.2, -0.15) is 0 Å². The maximum Gasteiger partial charge on any atom is 0.154 e. The number of ether oxygens (including phenoxy) is 1. The number of hydrogen-bond donors (Lipinski definition) is 1. The predicted octanol–water partition coefficient (Wildman–Crippen LogP) is 2.43. The van der Waals surface area contributed by atoms with Crippen LogP contribution in [0.5, 0.6) is 5.75 Å². The Balaban J connectivity index is 2.14. The molecule has 1 fully saturated rings. The van der Waals surface area contributed by atoms with Gasteiger partial charge < -0.3 is 15.0 Å². The van der Waals surface area contributed by atoms with E-state index in [2.05, 4.69) is 37.2 Å². The van der Waals surface area contributed by atoms with E-state index in [0.717, 1.165) is 29.1 Å². The molecule has 1 N–H and O–H groups in total. The van der Waals surface area contributed by atoms with Crippen molar-refractivity contribution in [3.63, 3.8) is 0 Å². The number of hydrogen-bond acceptors (Lipinski definition) is 4. The topological polar surface area (TPSA) is 37.4 Å². The Morgan fingerprint density at radius 1 is 1.61 bits per heavy atom. The summed E-state index contributed by atoms with van der Waals surface area (Å²) in [7, 11) is 2.03. The Bertz CT molecular complexity index is 400. The van der Waals surface area contributed by atoms with Crippen molar-refractivity contribution in [1.82, 2.24) is 10.3 Å². The van der Waals surface area contributed by atoms with E-state index in [0.29, 0.717) is 12.6 Å². The summed E-state index contributed by atoms with van der Waals surface area (Å²) < 4.78 is 6.34. The molecule has 0 spiro atoms. The summed E-state index contributed by atoms with van der Waals surface area (Å²) in [6.07, 6.45) is 4.37. The second kappa shape index (κ2) is 6.38. The Kier molecular flexibility index (Phi) is 4.83. The highest BCUT2D eigenvalue weighted by Crippen LogP contribution is 2.29. The largest absolute Gasteiger partial charge is 0.491 e. The van der Waals surface area contributed by atoms with Crippen LogP contribution in [0.1, 0.15) is 19.8 Å². The molecule has 0 aliphatic carbocycles. The lowest BCUT2D eigenvalue weighted by Gasteiger charge is -2.34. The van der Waals surface area contributed by atoms with E-state index in [1.807, 2.05) is 20.2 Å². The fraction of sp³-hybridized carbons (Fsp3) is 0.615. The molecule has 1 atom stereocenters. The highest BCUT2D eigenvalue weighted by atomic mass is 79.9. The van der Waals surface area contributed by atoms with Crippen LogP contribution in [0.25, 0.3) is 0 Å². The van der Waals surface area contributed by atoms with Crippen molar-refractivity contribution in [2.45, 2.75) is 25.8 Å². The van der Waals surface area contributed by atoms with Gasteiger partial charge in [-0.3, -0.25) is 0 Å². The quantitative estimate of drug-likeness (QED) is 0.866. The molecule has 5 heteroatoms. The van der Waals surface area contributed by atoms with Crippen LogP contribution in [-0.4, -0.2) is 37.8 Å². The minimum absolute atomic E-state index is 0.568. The van der Waals surface area contributed by atoms with Crippen LogP contribution in [0.15, 0.2) is 16.9 Å². The first-order chi connectivity index (χ1) is 8.74. The molecule has 1 aliphatic rings. The molecule has 0 radical (unpaired) electrons. The Morgan fingerprint density at radius 2 is 2.44 bits per heavy atom. The summed E-state index contributed by atoms with van der Waals surface area (Å²) in [6, 6.07) is 2.64. The van der Waals surface area contributed by atoms with Gasteiger partial charge in [0.2, 0.25) is 0 Å². The van der Waals surface area contributed by atoms with E-state index in [1.54, 1.807) is 0 Å². The Hall–Kier alpha value is -0.810. The van der Waals surface area contributed by atoms with E-state index in [1.165, 1.54) is 12.8 Å². The molecule has 2 rings (SSSR count). The van der Waals surface area contributed by atoms with Gasteiger partial charge in [0.15, 0.2) is 5.75 Å². The number of aromatic nitrogens is 1. The average molecular weight is 314 g/mol. The van der Waals surface area contributed by atoms with E-state index in [9.17, 15) is 0 Å². The highest BCUT2D eigenvalue weighted by Gasteiger charge is 2.19. The number of halogens is 1. The van der Waals surface area contributed by atoms with Crippen LogP contribution in [0.2, 0.25) is 0 Å². The van der Waals surface area contributed by atoms with Gasteiger partial charge in [0.05, 0.1) is 18.5 Å². The van der Waals surface area contributed by atoms with Gasteiger partial charge in [0.1, 0.15) is 4.60 Å². The molecular weight excluding hydrogens is 294 g/mol. The monoisotopic (exact) mass is 313 g/mol. The van der Waals surface area contributed by atoms with Crippen LogP contribution < -0.4 is 15.0 Å². The zero-order chi connectivity index (χ0) is 13.0. The molecule has 0 saturated carbocycles. The molecule has 18 heavy (non-hydrogen) atoms. The third-order valence-electron chi connectivity index (χ3n) is 3.29. The number of likely N-dealkylation sites (N-methyl/N-ethyl adjacent to an activating group) is 1. The van der Waals surface area contributed by atoms with E-state index in [-0.39, 0.29) is 0 Å². The first-order valence-electron chi connectivity index (χ1n) is 6.45. The van der Waals surface area contributed by atoms with Gasteiger partial charge in [0.25, 0.3) is 0 Å². The second-order valence-electron chi connectivity index (χ2n) is 4.49. The lowest BCUT2D eigenvalue weighted by molar-refractivity contribution is 0.336. The summed E-state index contributed by atoms with van der Waals surface area (Å²) in [4.78, 5) is 6.72. The minimum atomic E-state index is 0.568. The van der Waals surface area contributed by atoms with Gasteiger partial charge in [-0.15, -0.1) is 0 Å². The van der Waals surface area contributed by atoms with Crippen molar-refractivity contribution >= 4 is 21.6 Å². The Morgan fingerprint density at radius 3 is 3.17 bits per heavy atom.